The molecule has 1 heterocycles. The lowest BCUT2D eigenvalue weighted by Gasteiger charge is -2.40. The molecule has 0 spiro atoms. The molecule has 3 heteroatoms. The summed E-state index contributed by atoms with van der Waals surface area (Å²) in [5, 5.41) is 0. The van der Waals surface area contributed by atoms with Crippen LogP contribution in [-0.2, 0) is 4.74 Å². The zero-order chi connectivity index (χ0) is 11.4. The molecule has 0 aliphatic carbocycles. The smallest absolute Gasteiger partial charge is 0.161 e. The Bertz CT molecular complexity index is 339. The first-order valence-corrected chi connectivity index (χ1v) is 5.63. The van der Waals surface area contributed by atoms with E-state index in [1.165, 1.54) is 0 Å². The lowest BCUT2D eigenvalue weighted by atomic mass is 9.84. The van der Waals surface area contributed by atoms with Gasteiger partial charge in [-0.05, 0) is 18.6 Å². The highest BCUT2D eigenvalue weighted by Gasteiger charge is 2.37. The molecule has 0 radical (unpaired) electrons. The van der Waals surface area contributed by atoms with Crippen molar-refractivity contribution in [3.63, 3.8) is 0 Å². The molecule has 0 atom stereocenters. The van der Waals surface area contributed by atoms with E-state index in [-0.39, 0.29) is 5.41 Å². The van der Waals surface area contributed by atoms with Crippen molar-refractivity contribution in [3.05, 3.63) is 24.3 Å². The molecule has 16 heavy (non-hydrogen) atoms. The molecule has 0 saturated carbocycles. The average Bonchev–Trinajstić information content (AvgIpc) is 2.29. The van der Waals surface area contributed by atoms with Crippen molar-refractivity contribution in [2.24, 2.45) is 5.41 Å². The van der Waals surface area contributed by atoms with Gasteiger partial charge in [-0.15, -0.1) is 0 Å². The highest BCUT2D eigenvalue weighted by Crippen LogP contribution is 2.34. The molecule has 1 aliphatic heterocycles. The second-order valence-corrected chi connectivity index (χ2v) is 4.29. The SMILES string of the molecule is CCC1(COc2ccccc2OC)COC1. The molecule has 1 fully saturated rings. The van der Waals surface area contributed by atoms with E-state index in [0.29, 0.717) is 6.61 Å². The van der Waals surface area contributed by atoms with E-state index in [0.717, 1.165) is 31.1 Å². The van der Waals surface area contributed by atoms with Gasteiger partial charge in [-0.1, -0.05) is 19.1 Å². The summed E-state index contributed by atoms with van der Waals surface area (Å²) in [6.45, 7) is 4.48. The van der Waals surface area contributed by atoms with E-state index in [1.807, 2.05) is 24.3 Å². The molecule has 1 aromatic carbocycles. The Morgan fingerprint density at radius 1 is 1.25 bits per heavy atom. The molecule has 1 saturated heterocycles. The number of methoxy groups -OCH3 is 1. The van der Waals surface area contributed by atoms with E-state index >= 15 is 0 Å². The first kappa shape index (κ1) is 11.3. The van der Waals surface area contributed by atoms with Crippen LogP contribution in [0, 0.1) is 5.41 Å². The van der Waals surface area contributed by atoms with Gasteiger partial charge in [0.25, 0.3) is 0 Å². The van der Waals surface area contributed by atoms with Crippen LogP contribution < -0.4 is 9.47 Å². The summed E-state index contributed by atoms with van der Waals surface area (Å²) in [5.41, 5.74) is 0.209. The topological polar surface area (TPSA) is 27.7 Å². The summed E-state index contributed by atoms with van der Waals surface area (Å²) in [5.74, 6) is 1.60. The van der Waals surface area contributed by atoms with Crippen molar-refractivity contribution < 1.29 is 14.2 Å². The largest absolute Gasteiger partial charge is 0.493 e. The van der Waals surface area contributed by atoms with Crippen LogP contribution in [0.25, 0.3) is 0 Å². The monoisotopic (exact) mass is 222 g/mol. The third-order valence-corrected chi connectivity index (χ3v) is 3.17. The van der Waals surface area contributed by atoms with E-state index in [4.69, 9.17) is 14.2 Å². The molecular formula is C13H18O3. The zero-order valence-electron chi connectivity index (χ0n) is 9.86. The number of ether oxygens (including phenoxy) is 3. The maximum Gasteiger partial charge on any atom is 0.161 e. The maximum absolute atomic E-state index is 5.82. The predicted octanol–water partition coefficient (Wildman–Crippen LogP) is 2.50. The summed E-state index contributed by atoms with van der Waals surface area (Å²) >= 11 is 0. The van der Waals surface area contributed by atoms with Crippen LogP contribution in [0.15, 0.2) is 24.3 Å². The molecule has 3 nitrogen and oxygen atoms in total. The summed E-state index contributed by atoms with van der Waals surface area (Å²) in [6.07, 6.45) is 1.09. The summed E-state index contributed by atoms with van der Waals surface area (Å²) < 4.78 is 16.3. The number of benzene rings is 1. The van der Waals surface area contributed by atoms with Crippen molar-refractivity contribution >= 4 is 0 Å². The zero-order valence-corrected chi connectivity index (χ0v) is 9.86. The minimum atomic E-state index is 0.209. The fraction of sp³-hybridized carbons (Fsp3) is 0.538. The Kier molecular flexibility index (Phi) is 3.34. The summed E-state index contributed by atoms with van der Waals surface area (Å²) in [6, 6.07) is 7.73. The first-order chi connectivity index (χ1) is 7.79. The Morgan fingerprint density at radius 2 is 1.94 bits per heavy atom. The maximum atomic E-state index is 5.82. The number of hydrogen-bond acceptors (Lipinski definition) is 3. The van der Waals surface area contributed by atoms with Gasteiger partial charge in [-0.3, -0.25) is 0 Å². The Hall–Kier alpha value is -1.22. The number of hydrogen-bond donors (Lipinski definition) is 0. The molecular weight excluding hydrogens is 204 g/mol. The van der Waals surface area contributed by atoms with Gasteiger partial charge in [0.2, 0.25) is 0 Å². The van der Waals surface area contributed by atoms with Gasteiger partial charge in [0.1, 0.15) is 0 Å². The fourth-order valence-electron chi connectivity index (χ4n) is 1.75. The van der Waals surface area contributed by atoms with Crippen LogP contribution in [0.5, 0.6) is 11.5 Å². The summed E-state index contributed by atoms with van der Waals surface area (Å²) in [7, 11) is 1.66. The predicted molar refractivity (Wildman–Crippen MR) is 62.0 cm³/mol. The fourth-order valence-corrected chi connectivity index (χ4v) is 1.75. The van der Waals surface area contributed by atoms with E-state index in [9.17, 15) is 0 Å². The number of para-hydroxylation sites is 2. The van der Waals surface area contributed by atoms with Gasteiger partial charge in [0.15, 0.2) is 11.5 Å². The molecule has 0 bridgehead atoms. The van der Waals surface area contributed by atoms with Crippen LogP contribution in [0.1, 0.15) is 13.3 Å². The van der Waals surface area contributed by atoms with Gasteiger partial charge >= 0.3 is 0 Å². The van der Waals surface area contributed by atoms with Gasteiger partial charge < -0.3 is 14.2 Å². The lowest BCUT2D eigenvalue weighted by Crippen LogP contribution is -2.46. The minimum Gasteiger partial charge on any atom is -0.493 e. The highest BCUT2D eigenvalue weighted by molar-refractivity contribution is 5.39. The third-order valence-electron chi connectivity index (χ3n) is 3.17. The standard InChI is InChI=1S/C13H18O3/c1-3-13(8-15-9-13)10-16-12-7-5-4-6-11(12)14-2/h4-7H,3,8-10H2,1-2H3. The highest BCUT2D eigenvalue weighted by atomic mass is 16.5. The first-order valence-electron chi connectivity index (χ1n) is 5.63. The lowest BCUT2D eigenvalue weighted by molar-refractivity contribution is -0.133. The van der Waals surface area contributed by atoms with Crippen LogP contribution in [-0.4, -0.2) is 26.9 Å². The van der Waals surface area contributed by atoms with Gasteiger partial charge in [-0.2, -0.15) is 0 Å². The van der Waals surface area contributed by atoms with Crippen molar-refractivity contribution in [1.29, 1.82) is 0 Å². The minimum absolute atomic E-state index is 0.209. The van der Waals surface area contributed by atoms with Crippen LogP contribution in [0.2, 0.25) is 0 Å². The molecule has 1 aliphatic rings. The molecule has 88 valence electrons. The van der Waals surface area contributed by atoms with Crippen molar-refractivity contribution in [2.45, 2.75) is 13.3 Å². The van der Waals surface area contributed by atoms with E-state index < -0.39 is 0 Å². The molecule has 0 unspecified atom stereocenters. The van der Waals surface area contributed by atoms with Crippen molar-refractivity contribution in [1.82, 2.24) is 0 Å². The molecule has 1 aromatic rings. The normalized spacial score (nSPS) is 17.6. The molecule has 0 N–H and O–H groups in total. The Labute approximate surface area is 96.3 Å². The van der Waals surface area contributed by atoms with Gasteiger partial charge in [0, 0.05) is 0 Å². The summed E-state index contributed by atoms with van der Waals surface area (Å²) in [4.78, 5) is 0. The number of rotatable bonds is 5. The van der Waals surface area contributed by atoms with Gasteiger partial charge in [0.05, 0.1) is 32.3 Å². The molecule has 2 rings (SSSR count). The quantitative estimate of drug-likeness (QED) is 0.766. The van der Waals surface area contributed by atoms with Crippen LogP contribution >= 0.6 is 0 Å². The van der Waals surface area contributed by atoms with Crippen molar-refractivity contribution in [2.75, 3.05) is 26.9 Å². The Balaban J connectivity index is 1.98. The van der Waals surface area contributed by atoms with Crippen molar-refractivity contribution in [3.8, 4) is 11.5 Å². The molecule has 0 aromatic heterocycles. The average molecular weight is 222 g/mol. The van der Waals surface area contributed by atoms with Crippen LogP contribution in [0.3, 0.4) is 0 Å². The Morgan fingerprint density at radius 3 is 2.44 bits per heavy atom. The second-order valence-electron chi connectivity index (χ2n) is 4.29. The van der Waals surface area contributed by atoms with E-state index in [1.54, 1.807) is 7.11 Å². The van der Waals surface area contributed by atoms with Crippen LogP contribution in [0.4, 0.5) is 0 Å². The molecule has 0 amide bonds. The van der Waals surface area contributed by atoms with E-state index in [2.05, 4.69) is 6.92 Å². The second kappa shape index (κ2) is 4.74. The van der Waals surface area contributed by atoms with Gasteiger partial charge in [-0.25, -0.2) is 0 Å². The third kappa shape index (κ3) is 2.14.